The summed E-state index contributed by atoms with van der Waals surface area (Å²) in [4.78, 5) is 4.77. The maximum atomic E-state index is 10.1. The quantitative estimate of drug-likeness (QED) is 0.676. The zero-order valence-corrected chi connectivity index (χ0v) is 15.4. The van der Waals surface area contributed by atoms with Gasteiger partial charge in [0.2, 0.25) is 0 Å². The number of phenols is 1. The summed E-state index contributed by atoms with van der Waals surface area (Å²) in [6.07, 6.45) is 0.0246. The number of hydrogen-bond acceptors (Lipinski definition) is 3. The van der Waals surface area contributed by atoms with Gasteiger partial charge in [-0.3, -0.25) is 0 Å². The SMILES string of the molecule is Cc1cc(C2N(c3ccccc3)CCN2c2ccccc2)cc(Cl)c1O. The molecule has 0 aliphatic carbocycles. The maximum Gasteiger partial charge on any atom is 0.137 e. The number of hydrogen-bond donors (Lipinski definition) is 1. The van der Waals surface area contributed by atoms with Gasteiger partial charge in [0.1, 0.15) is 11.9 Å². The molecule has 4 rings (SSSR count). The third-order valence-electron chi connectivity index (χ3n) is 4.92. The molecule has 3 nitrogen and oxygen atoms in total. The van der Waals surface area contributed by atoms with Crippen molar-refractivity contribution < 1.29 is 5.11 Å². The summed E-state index contributed by atoms with van der Waals surface area (Å²) in [6, 6.07) is 24.8. The lowest BCUT2D eigenvalue weighted by Crippen LogP contribution is -2.31. The van der Waals surface area contributed by atoms with Crippen molar-refractivity contribution in [1.82, 2.24) is 0 Å². The van der Waals surface area contributed by atoms with Gasteiger partial charge in [0, 0.05) is 24.5 Å². The van der Waals surface area contributed by atoms with Crippen LogP contribution in [0.15, 0.2) is 72.8 Å². The molecule has 0 aromatic heterocycles. The minimum atomic E-state index is 0.0246. The van der Waals surface area contributed by atoms with E-state index in [9.17, 15) is 5.11 Å². The van der Waals surface area contributed by atoms with Crippen LogP contribution in [0.3, 0.4) is 0 Å². The highest BCUT2D eigenvalue weighted by atomic mass is 35.5. The number of rotatable bonds is 3. The van der Waals surface area contributed by atoms with Gasteiger partial charge in [-0.25, -0.2) is 0 Å². The monoisotopic (exact) mass is 364 g/mol. The van der Waals surface area contributed by atoms with Gasteiger partial charge in [-0.15, -0.1) is 0 Å². The lowest BCUT2D eigenvalue weighted by Gasteiger charge is -2.33. The normalized spacial score (nSPS) is 14.8. The van der Waals surface area contributed by atoms with E-state index in [0.29, 0.717) is 5.02 Å². The summed E-state index contributed by atoms with van der Waals surface area (Å²) in [6.45, 7) is 3.72. The van der Waals surface area contributed by atoms with Crippen LogP contribution in [0.5, 0.6) is 5.75 Å². The number of aryl methyl sites for hydroxylation is 1. The molecular weight excluding hydrogens is 344 g/mol. The van der Waals surface area contributed by atoms with Crippen LogP contribution in [-0.2, 0) is 0 Å². The Bertz CT molecular complexity index is 828. The van der Waals surface area contributed by atoms with Crippen LogP contribution < -0.4 is 9.80 Å². The number of halogens is 1. The molecule has 0 saturated carbocycles. The third-order valence-corrected chi connectivity index (χ3v) is 5.21. The molecule has 4 heteroatoms. The molecule has 1 aliphatic heterocycles. The van der Waals surface area contributed by atoms with E-state index in [2.05, 4.69) is 58.3 Å². The minimum absolute atomic E-state index is 0.0246. The zero-order chi connectivity index (χ0) is 18.1. The Hall–Kier alpha value is -2.65. The summed E-state index contributed by atoms with van der Waals surface area (Å²) in [5, 5.41) is 10.5. The molecule has 0 unspecified atom stereocenters. The van der Waals surface area contributed by atoms with Gasteiger partial charge in [0.05, 0.1) is 5.02 Å². The standard InChI is InChI=1S/C22H21ClN2O/c1-16-14-17(15-20(23)21(16)26)22-24(18-8-4-2-5-9-18)12-13-25(22)19-10-6-3-7-11-19/h2-11,14-15,22,26H,12-13H2,1H3. The second kappa shape index (κ2) is 6.93. The van der Waals surface area contributed by atoms with Crippen molar-refractivity contribution in [3.05, 3.63) is 88.9 Å². The van der Waals surface area contributed by atoms with Gasteiger partial charge in [0.25, 0.3) is 0 Å². The summed E-state index contributed by atoms with van der Waals surface area (Å²) in [5.74, 6) is 0.158. The van der Waals surface area contributed by atoms with Crippen LogP contribution in [-0.4, -0.2) is 18.2 Å². The fraction of sp³-hybridized carbons (Fsp3) is 0.182. The van der Waals surface area contributed by atoms with Gasteiger partial charge < -0.3 is 14.9 Å². The lowest BCUT2D eigenvalue weighted by molar-refractivity contribution is 0.471. The largest absolute Gasteiger partial charge is 0.506 e. The number of aromatic hydroxyl groups is 1. The first-order valence-electron chi connectivity index (χ1n) is 8.77. The van der Waals surface area contributed by atoms with Gasteiger partial charge in [-0.1, -0.05) is 48.0 Å². The van der Waals surface area contributed by atoms with Crippen LogP contribution in [0.1, 0.15) is 17.3 Å². The average molecular weight is 365 g/mol. The maximum absolute atomic E-state index is 10.1. The third kappa shape index (κ3) is 2.99. The molecule has 1 aliphatic rings. The van der Waals surface area contributed by atoms with Crippen molar-refractivity contribution in [2.75, 3.05) is 22.9 Å². The van der Waals surface area contributed by atoms with Crippen LogP contribution in [0.2, 0.25) is 5.02 Å². The Kier molecular flexibility index (Phi) is 4.48. The van der Waals surface area contributed by atoms with Gasteiger partial charge in [-0.2, -0.15) is 0 Å². The van der Waals surface area contributed by atoms with E-state index in [0.717, 1.165) is 24.2 Å². The second-order valence-corrected chi connectivity index (χ2v) is 7.01. The first-order valence-corrected chi connectivity index (χ1v) is 9.15. The molecule has 3 aromatic rings. The molecule has 1 heterocycles. The van der Waals surface area contributed by atoms with Crippen LogP contribution in [0, 0.1) is 6.92 Å². The summed E-state index contributed by atoms with van der Waals surface area (Å²) in [5.41, 5.74) is 4.23. The van der Waals surface area contributed by atoms with E-state index in [1.165, 1.54) is 11.4 Å². The number of para-hydroxylation sites is 2. The number of phenolic OH excluding ortho intramolecular Hbond substituents is 1. The average Bonchev–Trinajstić information content (AvgIpc) is 3.12. The molecule has 1 N–H and O–H groups in total. The van der Waals surface area contributed by atoms with E-state index in [-0.39, 0.29) is 11.9 Å². The molecule has 3 aromatic carbocycles. The smallest absolute Gasteiger partial charge is 0.137 e. The topological polar surface area (TPSA) is 26.7 Å². The number of anilines is 2. The fourth-order valence-corrected chi connectivity index (χ4v) is 3.95. The highest BCUT2D eigenvalue weighted by Crippen LogP contribution is 2.40. The lowest BCUT2D eigenvalue weighted by atomic mass is 10.1. The van der Waals surface area contributed by atoms with Crippen molar-refractivity contribution in [1.29, 1.82) is 0 Å². The Balaban J connectivity index is 1.82. The van der Waals surface area contributed by atoms with Crippen molar-refractivity contribution in [2.24, 2.45) is 0 Å². The first-order chi connectivity index (χ1) is 12.6. The van der Waals surface area contributed by atoms with E-state index in [1.807, 2.05) is 31.2 Å². The van der Waals surface area contributed by atoms with Crippen LogP contribution in [0.4, 0.5) is 11.4 Å². The summed E-state index contributed by atoms with van der Waals surface area (Å²) >= 11 is 6.30. The van der Waals surface area contributed by atoms with E-state index in [4.69, 9.17) is 11.6 Å². The minimum Gasteiger partial charge on any atom is -0.506 e. The fourth-order valence-electron chi connectivity index (χ4n) is 3.68. The first kappa shape index (κ1) is 16.8. The Morgan fingerprint density at radius 3 is 1.81 bits per heavy atom. The highest BCUT2D eigenvalue weighted by Gasteiger charge is 2.34. The van der Waals surface area contributed by atoms with Crippen LogP contribution in [0.25, 0.3) is 0 Å². The molecule has 0 amide bonds. The zero-order valence-electron chi connectivity index (χ0n) is 14.6. The van der Waals surface area contributed by atoms with Crippen molar-refractivity contribution >= 4 is 23.0 Å². The predicted octanol–water partition coefficient (Wildman–Crippen LogP) is 5.38. The summed E-state index contributed by atoms with van der Waals surface area (Å²) in [7, 11) is 0. The molecule has 0 bridgehead atoms. The summed E-state index contributed by atoms with van der Waals surface area (Å²) < 4.78 is 0. The Labute approximate surface area is 159 Å². The van der Waals surface area contributed by atoms with E-state index < -0.39 is 0 Å². The molecule has 0 radical (unpaired) electrons. The molecule has 0 spiro atoms. The Morgan fingerprint density at radius 2 is 1.35 bits per heavy atom. The van der Waals surface area contributed by atoms with Gasteiger partial charge in [0.15, 0.2) is 0 Å². The van der Waals surface area contributed by atoms with Gasteiger partial charge >= 0.3 is 0 Å². The highest BCUT2D eigenvalue weighted by molar-refractivity contribution is 6.32. The molecule has 26 heavy (non-hydrogen) atoms. The van der Waals surface area contributed by atoms with Crippen molar-refractivity contribution in [2.45, 2.75) is 13.1 Å². The predicted molar refractivity (Wildman–Crippen MR) is 108 cm³/mol. The van der Waals surface area contributed by atoms with E-state index >= 15 is 0 Å². The molecule has 1 fully saturated rings. The number of nitrogens with zero attached hydrogens (tertiary/aromatic N) is 2. The number of benzene rings is 3. The van der Waals surface area contributed by atoms with Crippen LogP contribution >= 0.6 is 11.6 Å². The molecular formula is C22H21ClN2O. The van der Waals surface area contributed by atoms with E-state index in [1.54, 1.807) is 0 Å². The molecule has 1 saturated heterocycles. The molecule has 0 atom stereocenters. The van der Waals surface area contributed by atoms with Crippen molar-refractivity contribution in [3.8, 4) is 5.75 Å². The van der Waals surface area contributed by atoms with Gasteiger partial charge in [-0.05, 0) is 54.4 Å². The molecule has 132 valence electrons. The Morgan fingerprint density at radius 1 is 0.846 bits per heavy atom. The second-order valence-electron chi connectivity index (χ2n) is 6.60. The van der Waals surface area contributed by atoms with Crippen molar-refractivity contribution in [3.63, 3.8) is 0 Å².